The Hall–Kier alpha value is -2.12. The number of amides is 1. The maximum Gasteiger partial charge on any atom is 0.326 e. The van der Waals surface area contributed by atoms with Crippen molar-refractivity contribution in [1.29, 1.82) is 0 Å². The first-order chi connectivity index (χ1) is 12.5. The summed E-state index contributed by atoms with van der Waals surface area (Å²) in [5.41, 5.74) is 1.99. The SMILES string of the molecule is C[C@@H]1CN(C2CCOCC2)CCN1C(=O)c1ccc2[nH]c(=O)n(C)c2c1. The summed E-state index contributed by atoms with van der Waals surface area (Å²) in [6.45, 7) is 6.35. The Morgan fingerprint density at radius 2 is 2.00 bits per heavy atom. The number of carbonyl (C=O) groups excluding carboxylic acids is 1. The number of ether oxygens (including phenoxy) is 1. The average Bonchev–Trinajstić information content (AvgIpc) is 2.95. The van der Waals surface area contributed by atoms with Gasteiger partial charge in [0.05, 0.1) is 11.0 Å². The van der Waals surface area contributed by atoms with Gasteiger partial charge >= 0.3 is 5.69 Å². The van der Waals surface area contributed by atoms with Crippen molar-refractivity contribution in [2.45, 2.75) is 31.8 Å². The highest BCUT2D eigenvalue weighted by Crippen LogP contribution is 2.21. The van der Waals surface area contributed by atoms with Crippen LogP contribution < -0.4 is 5.69 Å². The Bertz CT molecular complexity index is 865. The molecule has 2 aliphatic heterocycles. The van der Waals surface area contributed by atoms with Gasteiger partial charge in [0.15, 0.2) is 0 Å². The molecule has 140 valence electrons. The molecule has 0 spiro atoms. The summed E-state index contributed by atoms with van der Waals surface area (Å²) in [5.74, 6) is 0.0414. The van der Waals surface area contributed by atoms with Crippen LogP contribution in [0.1, 0.15) is 30.1 Å². The van der Waals surface area contributed by atoms with E-state index < -0.39 is 0 Å². The number of fused-ring (bicyclic) bond motifs is 1. The Morgan fingerprint density at radius 3 is 2.73 bits per heavy atom. The number of imidazole rings is 1. The maximum absolute atomic E-state index is 13.0. The van der Waals surface area contributed by atoms with Crippen molar-refractivity contribution >= 4 is 16.9 Å². The zero-order chi connectivity index (χ0) is 18.3. The first kappa shape index (κ1) is 17.3. The Kier molecular flexibility index (Phi) is 4.58. The van der Waals surface area contributed by atoms with E-state index in [1.54, 1.807) is 17.7 Å². The van der Waals surface area contributed by atoms with Crippen LogP contribution in [0.2, 0.25) is 0 Å². The van der Waals surface area contributed by atoms with Gasteiger partial charge in [-0.25, -0.2) is 4.79 Å². The van der Waals surface area contributed by atoms with Gasteiger partial charge < -0.3 is 14.6 Å². The monoisotopic (exact) mass is 358 g/mol. The molecule has 0 saturated carbocycles. The van der Waals surface area contributed by atoms with E-state index in [0.29, 0.717) is 11.6 Å². The number of aromatic amines is 1. The summed E-state index contributed by atoms with van der Waals surface area (Å²) < 4.78 is 7.00. The molecule has 1 atom stereocenters. The molecule has 26 heavy (non-hydrogen) atoms. The van der Waals surface area contributed by atoms with Crippen molar-refractivity contribution in [3.63, 3.8) is 0 Å². The standard InChI is InChI=1S/C19H26N4O3/c1-13-12-22(15-5-9-26-10-6-15)7-8-23(13)18(24)14-3-4-16-17(11-14)21(2)19(25)20-16/h3-4,11,13,15H,5-10,12H2,1-2H3,(H,20,25)/t13-/m1/s1. The molecule has 0 radical (unpaired) electrons. The molecule has 1 amide bonds. The van der Waals surface area contributed by atoms with Gasteiger partial charge in [-0.3, -0.25) is 14.3 Å². The number of nitrogens with zero attached hydrogens (tertiary/aromatic N) is 3. The Labute approximate surface area is 152 Å². The van der Waals surface area contributed by atoms with E-state index in [1.807, 2.05) is 17.0 Å². The van der Waals surface area contributed by atoms with Gasteiger partial charge in [0, 0.05) is 57.5 Å². The first-order valence-electron chi connectivity index (χ1n) is 9.36. The van der Waals surface area contributed by atoms with Crippen LogP contribution in [0, 0.1) is 0 Å². The number of benzene rings is 1. The summed E-state index contributed by atoms with van der Waals surface area (Å²) in [7, 11) is 1.71. The molecule has 0 unspecified atom stereocenters. The molecule has 0 bridgehead atoms. The fourth-order valence-corrected chi connectivity index (χ4v) is 4.19. The number of piperazine rings is 1. The Balaban J connectivity index is 1.50. The number of H-pyrrole nitrogens is 1. The first-order valence-corrected chi connectivity index (χ1v) is 9.36. The highest BCUT2D eigenvalue weighted by molar-refractivity contribution is 5.97. The summed E-state index contributed by atoms with van der Waals surface area (Å²) in [6, 6.07) is 6.18. The second kappa shape index (κ2) is 6.89. The molecule has 2 fully saturated rings. The number of hydrogen-bond donors (Lipinski definition) is 1. The number of hydrogen-bond acceptors (Lipinski definition) is 4. The predicted octanol–water partition coefficient (Wildman–Crippen LogP) is 1.19. The van der Waals surface area contributed by atoms with Crippen LogP contribution in [0.5, 0.6) is 0 Å². The third-order valence-electron chi connectivity index (χ3n) is 5.78. The molecule has 7 heteroatoms. The average molecular weight is 358 g/mol. The van der Waals surface area contributed by atoms with Gasteiger partial charge in [-0.15, -0.1) is 0 Å². The molecular weight excluding hydrogens is 332 g/mol. The minimum absolute atomic E-state index is 0.0414. The van der Waals surface area contributed by atoms with E-state index in [4.69, 9.17) is 4.74 Å². The molecule has 1 aromatic heterocycles. The minimum Gasteiger partial charge on any atom is -0.381 e. The number of rotatable bonds is 2. The predicted molar refractivity (Wildman–Crippen MR) is 99.5 cm³/mol. The second-order valence-corrected chi connectivity index (χ2v) is 7.41. The third-order valence-corrected chi connectivity index (χ3v) is 5.78. The van der Waals surface area contributed by atoms with Crippen LogP contribution in [0.3, 0.4) is 0 Å². The smallest absolute Gasteiger partial charge is 0.326 e. The van der Waals surface area contributed by atoms with Crippen molar-refractivity contribution in [3.05, 3.63) is 34.2 Å². The maximum atomic E-state index is 13.0. The van der Waals surface area contributed by atoms with E-state index in [2.05, 4.69) is 16.8 Å². The van der Waals surface area contributed by atoms with Gasteiger partial charge in [0.1, 0.15) is 0 Å². The Morgan fingerprint density at radius 1 is 1.23 bits per heavy atom. The van der Waals surface area contributed by atoms with E-state index in [0.717, 1.165) is 56.7 Å². The van der Waals surface area contributed by atoms with Crippen LogP contribution in [0.4, 0.5) is 0 Å². The van der Waals surface area contributed by atoms with Crippen molar-refractivity contribution < 1.29 is 9.53 Å². The highest BCUT2D eigenvalue weighted by Gasteiger charge is 2.32. The molecule has 7 nitrogen and oxygen atoms in total. The number of aromatic nitrogens is 2. The largest absolute Gasteiger partial charge is 0.381 e. The van der Waals surface area contributed by atoms with Crippen LogP contribution in [0.25, 0.3) is 11.0 Å². The van der Waals surface area contributed by atoms with E-state index in [1.165, 1.54) is 0 Å². The van der Waals surface area contributed by atoms with Crippen molar-refractivity contribution in [2.24, 2.45) is 7.05 Å². The van der Waals surface area contributed by atoms with Crippen molar-refractivity contribution in [2.75, 3.05) is 32.8 Å². The van der Waals surface area contributed by atoms with Crippen molar-refractivity contribution in [3.8, 4) is 0 Å². The fourth-order valence-electron chi connectivity index (χ4n) is 4.19. The number of aryl methyl sites for hydroxylation is 1. The molecule has 1 aromatic carbocycles. The second-order valence-electron chi connectivity index (χ2n) is 7.41. The van der Waals surface area contributed by atoms with Gasteiger partial charge in [0.2, 0.25) is 0 Å². The van der Waals surface area contributed by atoms with E-state index >= 15 is 0 Å². The lowest BCUT2D eigenvalue weighted by atomic mass is 10.0. The lowest BCUT2D eigenvalue weighted by Crippen LogP contribution is -2.57. The summed E-state index contributed by atoms with van der Waals surface area (Å²) in [4.78, 5) is 32.1. The normalized spacial score (nSPS) is 22.8. The summed E-state index contributed by atoms with van der Waals surface area (Å²) in [5, 5.41) is 0. The molecule has 2 aliphatic rings. The van der Waals surface area contributed by atoms with Gasteiger partial charge in [-0.1, -0.05) is 0 Å². The summed E-state index contributed by atoms with van der Waals surface area (Å²) >= 11 is 0. The molecular formula is C19H26N4O3. The molecule has 1 N–H and O–H groups in total. The zero-order valence-electron chi connectivity index (χ0n) is 15.4. The van der Waals surface area contributed by atoms with Crippen LogP contribution in [-0.2, 0) is 11.8 Å². The lowest BCUT2D eigenvalue weighted by molar-refractivity contribution is 0.000717. The molecule has 4 rings (SSSR count). The van der Waals surface area contributed by atoms with Gasteiger partial charge in [0.25, 0.3) is 5.91 Å². The third kappa shape index (κ3) is 3.05. The minimum atomic E-state index is -0.164. The molecule has 3 heterocycles. The van der Waals surface area contributed by atoms with Crippen LogP contribution >= 0.6 is 0 Å². The highest BCUT2D eigenvalue weighted by atomic mass is 16.5. The molecule has 2 saturated heterocycles. The van der Waals surface area contributed by atoms with Gasteiger partial charge in [-0.2, -0.15) is 0 Å². The summed E-state index contributed by atoms with van der Waals surface area (Å²) in [6.07, 6.45) is 2.16. The quantitative estimate of drug-likeness (QED) is 0.876. The molecule has 2 aromatic rings. The van der Waals surface area contributed by atoms with Crippen molar-refractivity contribution in [1.82, 2.24) is 19.4 Å². The topological polar surface area (TPSA) is 70.6 Å². The van der Waals surface area contributed by atoms with Crippen LogP contribution in [0.15, 0.2) is 23.0 Å². The molecule has 0 aliphatic carbocycles. The fraction of sp³-hybridized carbons (Fsp3) is 0.579. The number of carbonyl (C=O) groups is 1. The van der Waals surface area contributed by atoms with E-state index in [9.17, 15) is 9.59 Å². The zero-order valence-corrected chi connectivity index (χ0v) is 15.4. The number of nitrogens with one attached hydrogen (secondary N) is 1. The lowest BCUT2D eigenvalue weighted by Gasteiger charge is -2.44. The van der Waals surface area contributed by atoms with Crippen LogP contribution in [-0.4, -0.2) is 70.2 Å². The van der Waals surface area contributed by atoms with Gasteiger partial charge in [-0.05, 0) is 38.0 Å². The van der Waals surface area contributed by atoms with E-state index in [-0.39, 0.29) is 17.6 Å².